The molecule has 0 spiro atoms. The predicted molar refractivity (Wildman–Crippen MR) is 74.7 cm³/mol. The molecule has 1 rings (SSSR count). The summed E-state index contributed by atoms with van der Waals surface area (Å²) in [7, 11) is 0. The minimum Gasteiger partial charge on any atom is -0.361 e. The van der Waals surface area contributed by atoms with Crippen LogP contribution in [0.2, 0.25) is 0 Å². The summed E-state index contributed by atoms with van der Waals surface area (Å²) in [5, 5.41) is 3.31. The lowest BCUT2D eigenvalue weighted by atomic mass is 9.79. The molecule has 0 saturated heterocycles. The first-order valence-electron chi connectivity index (χ1n) is 7.43. The van der Waals surface area contributed by atoms with Gasteiger partial charge in [0, 0.05) is 12.1 Å². The van der Waals surface area contributed by atoms with E-state index in [-0.39, 0.29) is 5.54 Å². The molecule has 0 radical (unpaired) electrons. The van der Waals surface area contributed by atoms with E-state index in [1.54, 1.807) is 0 Å². The molecule has 0 aromatic rings. The Morgan fingerprint density at radius 2 is 1.70 bits per heavy atom. The van der Waals surface area contributed by atoms with Crippen LogP contribution in [0.15, 0.2) is 0 Å². The SMILES string of the molecule is CC1CCC(CNC(C)(C)C)(OC(C)C(F)(F)F)CC1. The highest BCUT2D eigenvalue weighted by atomic mass is 19.4. The molecule has 0 heterocycles. The zero-order valence-electron chi connectivity index (χ0n) is 13.2. The van der Waals surface area contributed by atoms with Gasteiger partial charge in [0.05, 0.1) is 5.60 Å². The van der Waals surface area contributed by atoms with Gasteiger partial charge in [0.15, 0.2) is 6.10 Å². The van der Waals surface area contributed by atoms with Crippen molar-refractivity contribution in [2.45, 2.75) is 83.7 Å². The molecule has 1 N–H and O–H groups in total. The fourth-order valence-corrected chi connectivity index (χ4v) is 2.49. The van der Waals surface area contributed by atoms with E-state index in [9.17, 15) is 13.2 Å². The molecule has 0 amide bonds. The Hall–Kier alpha value is -0.290. The van der Waals surface area contributed by atoms with Crippen LogP contribution in [0.25, 0.3) is 0 Å². The molecule has 1 fully saturated rings. The number of hydrogen-bond donors (Lipinski definition) is 1. The molecule has 1 aliphatic carbocycles. The van der Waals surface area contributed by atoms with Crippen molar-refractivity contribution in [1.82, 2.24) is 5.32 Å². The highest BCUT2D eigenvalue weighted by molar-refractivity contribution is 4.91. The maximum atomic E-state index is 12.8. The van der Waals surface area contributed by atoms with Crippen LogP contribution >= 0.6 is 0 Å². The van der Waals surface area contributed by atoms with Crippen LogP contribution in [-0.4, -0.2) is 30.0 Å². The Bertz CT molecular complexity index is 301. The number of alkyl halides is 3. The van der Waals surface area contributed by atoms with Crippen LogP contribution in [0.3, 0.4) is 0 Å². The molecule has 120 valence electrons. The van der Waals surface area contributed by atoms with Crippen molar-refractivity contribution < 1.29 is 17.9 Å². The first-order valence-corrected chi connectivity index (χ1v) is 7.43. The maximum absolute atomic E-state index is 12.8. The molecule has 2 nitrogen and oxygen atoms in total. The third-order valence-electron chi connectivity index (χ3n) is 4.01. The van der Waals surface area contributed by atoms with Crippen LogP contribution in [0.5, 0.6) is 0 Å². The van der Waals surface area contributed by atoms with E-state index in [0.717, 1.165) is 19.8 Å². The largest absolute Gasteiger partial charge is 0.414 e. The number of nitrogens with one attached hydrogen (secondary N) is 1. The summed E-state index contributed by atoms with van der Waals surface area (Å²) in [6.07, 6.45) is -2.77. The normalized spacial score (nSPS) is 30.3. The maximum Gasteiger partial charge on any atom is 0.414 e. The fourth-order valence-electron chi connectivity index (χ4n) is 2.49. The fraction of sp³-hybridized carbons (Fsp3) is 1.00. The molecule has 20 heavy (non-hydrogen) atoms. The quantitative estimate of drug-likeness (QED) is 0.835. The minimum atomic E-state index is -4.29. The van der Waals surface area contributed by atoms with E-state index in [1.165, 1.54) is 0 Å². The van der Waals surface area contributed by atoms with Gasteiger partial charge in [0.25, 0.3) is 0 Å². The van der Waals surface area contributed by atoms with Gasteiger partial charge in [-0.15, -0.1) is 0 Å². The van der Waals surface area contributed by atoms with Crippen LogP contribution in [0.4, 0.5) is 13.2 Å². The van der Waals surface area contributed by atoms with Gasteiger partial charge in [-0.3, -0.25) is 0 Å². The van der Waals surface area contributed by atoms with E-state index in [0.29, 0.717) is 25.3 Å². The molecule has 5 heteroatoms. The van der Waals surface area contributed by atoms with Crippen molar-refractivity contribution in [3.63, 3.8) is 0 Å². The molecule has 0 bridgehead atoms. The van der Waals surface area contributed by atoms with Gasteiger partial charge in [-0.05, 0) is 59.3 Å². The Morgan fingerprint density at radius 3 is 2.10 bits per heavy atom. The Balaban J connectivity index is 2.74. The average molecular weight is 295 g/mol. The predicted octanol–water partition coefficient (Wildman–Crippen LogP) is 4.29. The summed E-state index contributed by atoms with van der Waals surface area (Å²) >= 11 is 0. The third kappa shape index (κ3) is 5.60. The second-order valence-electron chi connectivity index (χ2n) is 7.27. The molecule has 1 aliphatic rings. The van der Waals surface area contributed by atoms with E-state index < -0.39 is 17.9 Å². The number of rotatable bonds is 4. The van der Waals surface area contributed by atoms with Crippen molar-refractivity contribution in [1.29, 1.82) is 0 Å². The lowest BCUT2D eigenvalue weighted by Gasteiger charge is -2.43. The van der Waals surface area contributed by atoms with Gasteiger partial charge >= 0.3 is 6.18 Å². The second kappa shape index (κ2) is 6.22. The summed E-state index contributed by atoms with van der Waals surface area (Å²) in [6, 6.07) is 0. The lowest BCUT2D eigenvalue weighted by molar-refractivity contribution is -0.252. The van der Waals surface area contributed by atoms with E-state index in [2.05, 4.69) is 12.2 Å². The van der Waals surface area contributed by atoms with Crippen LogP contribution in [0, 0.1) is 5.92 Å². The van der Waals surface area contributed by atoms with Gasteiger partial charge in [-0.25, -0.2) is 0 Å². The van der Waals surface area contributed by atoms with Crippen molar-refractivity contribution in [2.75, 3.05) is 6.54 Å². The number of hydrogen-bond acceptors (Lipinski definition) is 2. The van der Waals surface area contributed by atoms with Crippen LogP contribution < -0.4 is 5.32 Å². The molecule has 1 saturated carbocycles. The summed E-state index contributed by atoms with van der Waals surface area (Å²) in [5.41, 5.74) is -0.810. The molecular weight excluding hydrogens is 267 g/mol. The van der Waals surface area contributed by atoms with Gasteiger partial charge in [0.2, 0.25) is 0 Å². The minimum absolute atomic E-state index is 0.124. The van der Waals surface area contributed by atoms with Crippen LogP contribution in [0.1, 0.15) is 60.3 Å². The standard InChI is InChI=1S/C15H28F3NO/c1-11-6-8-14(9-7-11,10-19-13(3,4)5)20-12(2)15(16,17)18/h11-12,19H,6-10H2,1-5H3. The first-order chi connectivity index (χ1) is 8.94. The second-order valence-corrected chi connectivity index (χ2v) is 7.27. The Morgan fingerprint density at radius 1 is 1.20 bits per heavy atom. The lowest BCUT2D eigenvalue weighted by Crippen LogP contribution is -2.53. The number of halogens is 3. The highest BCUT2D eigenvalue weighted by Gasteiger charge is 2.44. The van der Waals surface area contributed by atoms with Gasteiger partial charge < -0.3 is 10.1 Å². The molecule has 0 aliphatic heterocycles. The van der Waals surface area contributed by atoms with Crippen molar-refractivity contribution in [3.8, 4) is 0 Å². The van der Waals surface area contributed by atoms with Crippen molar-refractivity contribution in [3.05, 3.63) is 0 Å². The summed E-state index contributed by atoms with van der Waals surface area (Å²) < 4.78 is 43.8. The topological polar surface area (TPSA) is 21.3 Å². The van der Waals surface area contributed by atoms with E-state index in [4.69, 9.17) is 4.74 Å². The first kappa shape index (κ1) is 17.8. The zero-order chi connectivity index (χ0) is 15.6. The monoisotopic (exact) mass is 295 g/mol. The smallest absolute Gasteiger partial charge is 0.361 e. The van der Waals surface area contributed by atoms with Gasteiger partial charge in [0.1, 0.15) is 0 Å². The molecule has 0 aromatic heterocycles. The zero-order valence-corrected chi connectivity index (χ0v) is 13.2. The van der Waals surface area contributed by atoms with Crippen molar-refractivity contribution in [2.24, 2.45) is 5.92 Å². The highest BCUT2D eigenvalue weighted by Crippen LogP contribution is 2.38. The molecule has 1 atom stereocenters. The Labute approximate surface area is 120 Å². The summed E-state index contributed by atoms with van der Waals surface area (Å²) in [4.78, 5) is 0. The summed E-state index contributed by atoms with van der Waals surface area (Å²) in [6.45, 7) is 9.77. The van der Waals surface area contributed by atoms with E-state index >= 15 is 0 Å². The van der Waals surface area contributed by atoms with Crippen LogP contribution in [-0.2, 0) is 4.74 Å². The summed E-state index contributed by atoms with van der Waals surface area (Å²) in [5.74, 6) is 0.572. The third-order valence-corrected chi connectivity index (χ3v) is 4.01. The molecular formula is C15H28F3NO. The van der Waals surface area contributed by atoms with E-state index in [1.807, 2.05) is 20.8 Å². The van der Waals surface area contributed by atoms with Crippen molar-refractivity contribution >= 4 is 0 Å². The van der Waals surface area contributed by atoms with Gasteiger partial charge in [-0.1, -0.05) is 6.92 Å². The molecule has 1 unspecified atom stereocenters. The van der Waals surface area contributed by atoms with Gasteiger partial charge in [-0.2, -0.15) is 13.2 Å². The average Bonchev–Trinajstić information content (AvgIpc) is 2.28. The molecule has 0 aromatic carbocycles. The number of ether oxygens (including phenoxy) is 1. The Kier molecular flexibility index (Phi) is 5.53.